The number of nitrogens with zero attached hydrogens (tertiary/aromatic N) is 6. The lowest BCUT2D eigenvalue weighted by Gasteiger charge is -2.68. The molecule has 4 fully saturated rings. The molecule has 0 N–H and O–H groups in total. The van der Waals surface area contributed by atoms with Crippen LogP contribution >= 0.6 is 0 Å². The van der Waals surface area contributed by atoms with Gasteiger partial charge in [0.1, 0.15) is 0 Å². The van der Waals surface area contributed by atoms with E-state index in [9.17, 15) is 0 Å². The zero-order valence-electron chi connectivity index (χ0n) is 32.9. The Morgan fingerprint density at radius 1 is 0.390 bits per heavy atom. The van der Waals surface area contributed by atoms with Crippen molar-refractivity contribution in [2.24, 2.45) is 35.5 Å². The summed E-state index contributed by atoms with van der Waals surface area (Å²) in [6.07, 6.45) is 3.82. The van der Waals surface area contributed by atoms with Crippen LogP contribution in [-0.4, -0.2) is 29.9 Å². The predicted molar refractivity (Wildman–Crippen MR) is 233 cm³/mol. The van der Waals surface area contributed by atoms with Gasteiger partial charge in [-0.2, -0.15) is 0 Å². The highest BCUT2D eigenvalue weighted by Crippen LogP contribution is 2.80. The molecule has 0 spiro atoms. The van der Waals surface area contributed by atoms with Gasteiger partial charge in [-0.15, -0.1) is 0 Å². The zero-order valence-corrected chi connectivity index (χ0v) is 32.9. The third-order valence-electron chi connectivity index (χ3n) is 14.3. The summed E-state index contributed by atoms with van der Waals surface area (Å²) in [5.41, 5.74) is 9.64. The molecule has 4 saturated carbocycles. The van der Waals surface area contributed by atoms with Gasteiger partial charge >= 0.3 is 0 Å². The molecule has 4 aliphatic carbocycles. The number of hydrogen-bond acceptors (Lipinski definition) is 6. The van der Waals surface area contributed by atoms with Crippen molar-refractivity contribution < 1.29 is 0 Å². The highest BCUT2D eigenvalue weighted by atomic mass is 15.0. The van der Waals surface area contributed by atoms with Crippen molar-refractivity contribution in [2.75, 3.05) is 0 Å². The van der Waals surface area contributed by atoms with E-state index in [1.165, 1.54) is 36.0 Å². The molecular weight excluding hydrogens is 721 g/mol. The summed E-state index contributed by atoms with van der Waals surface area (Å²) in [7, 11) is 0. The summed E-state index contributed by atoms with van der Waals surface area (Å²) in [5.74, 6) is 8.16. The largest absolute Gasteiger partial charge is 0.208 e. The number of aryl methyl sites for hydroxylation is 1. The molecule has 7 atom stereocenters. The Morgan fingerprint density at radius 2 is 0.831 bits per heavy atom. The van der Waals surface area contributed by atoms with Gasteiger partial charge in [0.25, 0.3) is 0 Å². The van der Waals surface area contributed by atoms with Crippen molar-refractivity contribution >= 4 is 0 Å². The van der Waals surface area contributed by atoms with Crippen LogP contribution < -0.4 is 0 Å². The SMILES string of the molecule is Cc1ccc(-c2nc(-c3ccccc3)nc(-c3ccccc3)n2)c(C2(c3ccccc3-c3nc(-c4ccccc4)nc(-c4ccccc4)n3)C3CC4C3CC3CC2C34)c1. The zero-order chi connectivity index (χ0) is 39.1. The molecule has 6 aromatic carbocycles. The second kappa shape index (κ2) is 13.5. The average molecular weight is 763 g/mol. The Kier molecular flexibility index (Phi) is 7.84. The fourth-order valence-electron chi connectivity index (χ4n) is 11.9. The lowest BCUT2D eigenvalue weighted by Crippen LogP contribution is -2.64. The molecule has 7 unspecified atom stereocenters. The van der Waals surface area contributed by atoms with Gasteiger partial charge in [-0.25, -0.2) is 29.9 Å². The minimum absolute atomic E-state index is 0.298. The molecule has 0 aliphatic heterocycles. The second-order valence-corrected chi connectivity index (χ2v) is 17.1. The van der Waals surface area contributed by atoms with Crippen LogP contribution in [0, 0.1) is 42.4 Å². The van der Waals surface area contributed by atoms with Crippen molar-refractivity contribution in [3.8, 4) is 68.3 Å². The van der Waals surface area contributed by atoms with Crippen LogP contribution in [0.1, 0.15) is 36.0 Å². The molecule has 0 saturated heterocycles. The number of rotatable bonds is 8. The summed E-state index contributed by atoms with van der Waals surface area (Å²) in [4.78, 5) is 31.6. The smallest absolute Gasteiger partial charge is 0.164 e. The molecule has 4 aliphatic rings. The summed E-state index contributed by atoms with van der Waals surface area (Å²) < 4.78 is 0. The van der Waals surface area contributed by atoms with Gasteiger partial charge in [-0.05, 0) is 72.8 Å². The molecule has 12 rings (SSSR count). The molecule has 6 heteroatoms. The van der Waals surface area contributed by atoms with Gasteiger partial charge in [0, 0.05) is 38.8 Å². The van der Waals surface area contributed by atoms with E-state index in [2.05, 4.69) is 146 Å². The summed E-state index contributed by atoms with van der Waals surface area (Å²) in [6, 6.07) is 57.3. The number of hydrogen-bond donors (Lipinski definition) is 0. The lowest BCUT2D eigenvalue weighted by molar-refractivity contribution is -0.129. The van der Waals surface area contributed by atoms with Crippen molar-refractivity contribution in [1.82, 2.24) is 29.9 Å². The molecular formula is C53H42N6. The van der Waals surface area contributed by atoms with Crippen molar-refractivity contribution in [3.05, 3.63) is 180 Å². The summed E-state index contributed by atoms with van der Waals surface area (Å²) in [5, 5.41) is 0. The Hall–Kier alpha value is -6.66. The van der Waals surface area contributed by atoms with E-state index < -0.39 is 0 Å². The minimum Gasteiger partial charge on any atom is -0.208 e. The number of aromatic nitrogens is 6. The minimum atomic E-state index is -0.298. The topological polar surface area (TPSA) is 77.3 Å². The fourth-order valence-corrected chi connectivity index (χ4v) is 11.9. The van der Waals surface area contributed by atoms with Gasteiger partial charge < -0.3 is 0 Å². The Bertz CT molecular complexity index is 2740. The first-order valence-corrected chi connectivity index (χ1v) is 21.1. The monoisotopic (exact) mass is 762 g/mol. The molecule has 0 radical (unpaired) electrons. The maximum Gasteiger partial charge on any atom is 0.164 e. The molecule has 8 aromatic rings. The maximum atomic E-state index is 5.35. The van der Waals surface area contributed by atoms with Gasteiger partial charge in [0.2, 0.25) is 0 Å². The molecule has 284 valence electrons. The van der Waals surface area contributed by atoms with Crippen LogP contribution in [0.5, 0.6) is 0 Å². The first-order valence-electron chi connectivity index (χ1n) is 21.1. The summed E-state index contributed by atoms with van der Waals surface area (Å²) in [6.45, 7) is 2.24. The van der Waals surface area contributed by atoms with Gasteiger partial charge in [0.15, 0.2) is 34.9 Å². The van der Waals surface area contributed by atoms with Crippen molar-refractivity contribution in [3.63, 3.8) is 0 Å². The van der Waals surface area contributed by atoms with Gasteiger partial charge in [0.05, 0.1) is 0 Å². The number of benzene rings is 6. The van der Waals surface area contributed by atoms with E-state index in [-0.39, 0.29) is 5.41 Å². The highest BCUT2D eigenvalue weighted by Gasteiger charge is 2.75. The molecule has 6 nitrogen and oxygen atoms in total. The Morgan fingerprint density at radius 3 is 1.34 bits per heavy atom. The standard InChI is InChI=1S/C53H42N6/c1-32-26-27-39(52-58-49(35-20-10-4-11-21-35)55-50(59-52)36-22-12-5-13-23-36)43(28-32)53(44-31-41-40(44)29-37-30-45(53)46(37)41)42-25-15-14-24-38(42)51-56-47(33-16-6-2-7-17-33)54-48(57-51)34-18-8-3-9-19-34/h2-28,37,40-41,44-46H,29-31H2,1H3. The highest BCUT2D eigenvalue weighted by molar-refractivity contribution is 5.76. The average Bonchev–Trinajstić information content (AvgIpc) is 3.37. The quantitative estimate of drug-likeness (QED) is 0.153. The van der Waals surface area contributed by atoms with E-state index >= 15 is 0 Å². The van der Waals surface area contributed by atoms with Crippen molar-refractivity contribution in [2.45, 2.75) is 31.6 Å². The van der Waals surface area contributed by atoms with Crippen LogP contribution in [-0.2, 0) is 5.41 Å². The molecule has 59 heavy (non-hydrogen) atoms. The molecule has 2 heterocycles. The van der Waals surface area contributed by atoms with Crippen molar-refractivity contribution in [1.29, 1.82) is 0 Å². The van der Waals surface area contributed by atoms with Gasteiger partial charge in [-0.3, -0.25) is 0 Å². The first kappa shape index (κ1) is 34.4. The third kappa shape index (κ3) is 5.32. The van der Waals surface area contributed by atoms with Crippen LogP contribution in [0.25, 0.3) is 68.3 Å². The summed E-state index contributed by atoms with van der Waals surface area (Å²) >= 11 is 0. The Labute approximate surface area is 344 Å². The Balaban J connectivity index is 1.12. The second-order valence-electron chi connectivity index (χ2n) is 17.1. The molecule has 0 amide bonds. The maximum absolute atomic E-state index is 5.35. The normalized spacial score (nSPS) is 24.6. The van der Waals surface area contributed by atoms with Gasteiger partial charge in [-0.1, -0.05) is 169 Å². The fraction of sp³-hybridized carbons (Fsp3) is 0.208. The van der Waals surface area contributed by atoms with E-state index in [4.69, 9.17) is 29.9 Å². The van der Waals surface area contributed by atoms with E-state index in [1.54, 1.807) is 0 Å². The van der Waals surface area contributed by atoms with Crippen LogP contribution in [0.15, 0.2) is 164 Å². The van der Waals surface area contributed by atoms with Crippen LogP contribution in [0.4, 0.5) is 0 Å². The third-order valence-corrected chi connectivity index (χ3v) is 14.3. The first-order chi connectivity index (χ1) is 29.1. The van der Waals surface area contributed by atoms with E-state index in [0.29, 0.717) is 58.6 Å². The lowest BCUT2D eigenvalue weighted by atomic mass is 9.35. The van der Waals surface area contributed by atoms with Crippen LogP contribution in [0.3, 0.4) is 0 Å². The van der Waals surface area contributed by atoms with Crippen LogP contribution in [0.2, 0.25) is 0 Å². The predicted octanol–water partition coefficient (Wildman–Crippen LogP) is 11.6. The molecule has 2 aromatic heterocycles. The molecule has 4 bridgehead atoms. The van der Waals surface area contributed by atoms with E-state index in [1.807, 2.05) is 24.3 Å². The van der Waals surface area contributed by atoms with E-state index in [0.717, 1.165) is 45.2 Å².